The zero-order valence-electron chi connectivity index (χ0n) is 9.27. The van der Waals surface area contributed by atoms with Crippen LogP contribution in [0, 0.1) is 0 Å². The van der Waals surface area contributed by atoms with Crippen LogP contribution in [0.3, 0.4) is 0 Å². The van der Waals surface area contributed by atoms with E-state index >= 15 is 0 Å². The molecule has 1 rings (SSSR count). The minimum absolute atomic E-state index is 0.631. The Morgan fingerprint density at radius 1 is 1.23 bits per heavy atom. The van der Waals surface area contributed by atoms with E-state index in [9.17, 15) is 0 Å². The van der Waals surface area contributed by atoms with Gasteiger partial charge in [-0.2, -0.15) is 0 Å². The van der Waals surface area contributed by atoms with Crippen molar-refractivity contribution in [2.45, 2.75) is 64.6 Å². The maximum absolute atomic E-state index is 3.59. The van der Waals surface area contributed by atoms with E-state index < -0.39 is 0 Å². The second-order valence-corrected chi connectivity index (χ2v) is 4.44. The van der Waals surface area contributed by atoms with Crippen molar-refractivity contribution in [3.8, 4) is 0 Å². The highest BCUT2D eigenvalue weighted by molar-refractivity contribution is 4.84. The molecule has 1 fully saturated rings. The van der Waals surface area contributed by atoms with Gasteiger partial charge >= 0.3 is 0 Å². The number of rotatable bonds is 7. The van der Waals surface area contributed by atoms with Crippen molar-refractivity contribution in [1.29, 1.82) is 0 Å². The van der Waals surface area contributed by atoms with Crippen LogP contribution in [0.4, 0.5) is 0 Å². The Balaban J connectivity index is 1.96. The molecule has 0 heterocycles. The summed E-state index contributed by atoms with van der Waals surface area (Å²) >= 11 is 0. The fraction of sp³-hybridized carbons (Fsp3) is 1.00. The Morgan fingerprint density at radius 2 is 1.92 bits per heavy atom. The van der Waals surface area contributed by atoms with E-state index in [0.29, 0.717) is 12.1 Å². The summed E-state index contributed by atoms with van der Waals surface area (Å²) in [5, 5.41) is 7.14. The Bertz CT molecular complexity index is 132. The first-order valence-electron chi connectivity index (χ1n) is 5.71. The van der Waals surface area contributed by atoms with Gasteiger partial charge in [0, 0.05) is 24.7 Å². The molecule has 0 amide bonds. The van der Waals surface area contributed by atoms with Crippen LogP contribution in [-0.2, 0) is 0 Å². The monoisotopic (exact) mass is 184 g/mol. The van der Waals surface area contributed by atoms with Crippen LogP contribution in [0.2, 0.25) is 0 Å². The van der Waals surface area contributed by atoms with Crippen LogP contribution in [-0.4, -0.2) is 24.7 Å². The largest absolute Gasteiger partial charge is 0.313 e. The summed E-state index contributed by atoms with van der Waals surface area (Å²) in [5.74, 6) is 0. The van der Waals surface area contributed by atoms with Crippen LogP contribution < -0.4 is 10.6 Å². The number of hydrogen-bond donors (Lipinski definition) is 2. The van der Waals surface area contributed by atoms with Crippen molar-refractivity contribution in [3.63, 3.8) is 0 Å². The highest BCUT2D eigenvalue weighted by Crippen LogP contribution is 2.19. The molecule has 78 valence electrons. The molecule has 2 unspecified atom stereocenters. The fourth-order valence-corrected chi connectivity index (χ4v) is 1.62. The summed E-state index contributed by atoms with van der Waals surface area (Å²) in [7, 11) is 0. The minimum atomic E-state index is 0.631. The van der Waals surface area contributed by atoms with Crippen molar-refractivity contribution >= 4 is 0 Å². The summed E-state index contributed by atoms with van der Waals surface area (Å²) in [4.78, 5) is 0. The molecule has 1 saturated carbocycles. The maximum atomic E-state index is 3.59. The average Bonchev–Trinajstić information content (AvgIpc) is 2.85. The minimum Gasteiger partial charge on any atom is -0.313 e. The lowest BCUT2D eigenvalue weighted by Crippen LogP contribution is -2.40. The van der Waals surface area contributed by atoms with E-state index in [4.69, 9.17) is 0 Å². The summed E-state index contributed by atoms with van der Waals surface area (Å²) in [5.41, 5.74) is 0. The van der Waals surface area contributed by atoms with Gasteiger partial charge in [-0.1, -0.05) is 13.3 Å². The van der Waals surface area contributed by atoms with Crippen molar-refractivity contribution in [2.75, 3.05) is 6.54 Å². The third-order valence-electron chi connectivity index (χ3n) is 2.59. The van der Waals surface area contributed by atoms with Crippen LogP contribution in [0.1, 0.15) is 46.5 Å². The summed E-state index contributed by atoms with van der Waals surface area (Å²) in [6, 6.07) is 2.14. The van der Waals surface area contributed by atoms with Crippen LogP contribution >= 0.6 is 0 Å². The average molecular weight is 184 g/mol. The molecule has 2 N–H and O–H groups in total. The number of hydrogen-bond acceptors (Lipinski definition) is 2. The zero-order chi connectivity index (χ0) is 9.68. The SMILES string of the molecule is CCCC(C)NCC(C)NC1CC1. The first-order chi connectivity index (χ1) is 6.22. The molecule has 0 spiro atoms. The Kier molecular flexibility index (Phi) is 4.74. The van der Waals surface area contributed by atoms with Crippen molar-refractivity contribution in [1.82, 2.24) is 10.6 Å². The smallest absolute Gasteiger partial charge is 0.0166 e. The highest BCUT2D eigenvalue weighted by Gasteiger charge is 2.22. The van der Waals surface area contributed by atoms with Gasteiger partial charge < -0.3 is 10.6 Å². The van der Waals surface area contributed by atoms with Crippen LogP contribution in [0.25, 0.3) is 0 Å². The van der Waals surface area contributed by atoms with E-state index in [1.165, 1.54) is 25.7 Å². The van der Waals surface area contributed by atoms with Gasteiger partial charge in [0.15, 0.2) is 0 Å². The van der Waals surface area contributed by atoms with Gasteiger partial charge in [-0.05, 0) is 33.1 Å². The first kappa shape index (κ1) is 11.0. The van der Waals surface area contributed by atoms with Gasteiger partial charge in [-0.15, -0.1) is 0 Å². The summed E-state index contributed by atoms with van der Waals surface area (Å²) in [6.07, 6.45) is 5.33. The third kappa shape index (κ3) is 5.27. The molecule has 0 bridgehead atoms. The predicted molar refractivity (Wildman–Crippen MR) is 58.0 cm³/mol. The lowest BCUT2D eigenvalue weighted by atomic mass is 10.2. The van der Waals surface area contributed by atoms with E-state index in [1.807, 2.05) is 0 Å². The topological polar surface area (TPSA) is 24.1 Å². The molecule has 0 aliphatic heterocycles. The maximum Gasteiger partial charge on any atom is 0.0166 e. The van der Waals surface area contributed by atoms with Crippen LogP contribution in [0.5, 0.6) is 0 Å². The van der Waals surface area contributed by atoms with E-state index in [-0.39, 0.29) is 0 Å². The number of nitrogens with one attached hydrogen (secondary N) is 2. The van der Waals surface area contributed by atoms with Gasteiger partial charge in [0.05, 0.1) is 0 Å². The summed E-state index contributed by atoms with van der Waals surface area (Å²) < 4.78 is 0. The molecule has 2 nitrogen and oxygen atoms in total. The molecule has 2 atom stereocenters. The van der Waals surface area contributed by atoms with Crippen molar-refractivity contribution in [2.24, 2.45) is 0 Å². The van der Waals surface area contributed by atoms with Gasteiger partial charge in [0.2, 0.25) is 0 Å². The molecule has 0 radical (unpaired) electrons. The molecule has 13 heavy (non-hydrogen) atoms. The van der Waals surface area contributed by atoms with E-state index in [2.05, 4.69) is 31.4 Å². The summed E-state index contributed by atoms with van der Waals surface area (Å²) in [6.45, 7) is 7.89. The Hall–Kier alpha value is -0.0800. The second kappa shape index (κ2) is 5.61. The molecule has 1 aliphatic rings. The van der Waals surface area contributed by atoms with Gasteiger partial charge in [-0.25, -0.2) is 0 Å². The van der Waals surface area contributed by atoms with Crippen molar-refractivity contribution < 1.29 is 0 Å². The molecule has 0 aromatic heterocycles. The highest BCUT2D eigenvalue weighted by atomic mass is 15.0. The third-order valence-corrected chi connectivity index (χ3v) is 2.59. The fourth-order valence-electron chi connectivity index (χ4n) is 1.62. The molecule has 0 aromatic carbocycles. The first-order valence-corrected chi connectivity index (χ1v) is 5.71. The molecule has 1 aliphatic carbocycles. The van der Waals surface area contributed by atoms with Gasteiger partial charge in [-0.3, -0.25) is 0 Å². The van der Waals surface area contributed by atoms with Crippen LogP contribution in [0.15, 0.2) is 0 Å². The normalized spacial score (nSPS) is 21.5. The molecule has 2 heteroatoms. The van der Waals surface area contributed by atoms with Crippen molar-refractivity contribution in [3.05, 3.63) is 0 Å². The van der Waals surface area contributed by atoms with E-state index in [1.54, 1.807) is 0 Å². The van der Waals surface area contributed by atoms with Gasteiger partial charge in [0.25, 0.3) is 0 Å². The molecular formula is C11H24N2. The lowest BCUT2D eigenvalue weighted by molar-refractivity contribution is 0.443. The quantitative estimate of drug-likeness (QED) is 0.631. The predicted octanol–water partition coefficient (Wildman–Crippen LogP) is 1.91. The van der Waals surface area contributed by atoms with E-state index in [0.717, 1.165) is 12.6 Å². The molecular weight excluding hydrogens is 160 g/mol. The second-order valence-electron chi connectivity index (χ2n) is 4.44. The Morgan fingerprint density at radius 3 is 2.46 bits per heavy atom. The Labute approximate surface area is 82.5 Å². The molecule has 0 saturated heterocycles. The zero-order valence-corrected chi connectivity index (χ0v) is 9.27. The molecule has 0 aromatic rings. The standard InChI is InChI=1S/C11H24N2/c1-4-5-9(2)12-8-10(3)13-11-6-7-11/h9-13H,4-8H2,1-3H3. The van der Waals surface area contributed by atoms with Gasteiger partial charge in [0.1, 0.15) is 0 Å². The lowest BCUT2D eigenvalue weighted by Gasteiger charge is -2.18.